The Labute approximate surface area is 186 Å². The second-order valence-corrected chi connectivity index (χ2v) is 7.73. The van der Waals surface area contributed by atoms with Crippen LogP contribution >= 0.6 is 0 Å². The van der Waals surface area contributed by atoms with Gasteiger partial charge in [0.05, 0.1) is 31.0 Å². The fraction of sp³-hybridized carbons (Fsp3) is 0.160. The molecule has 0 radical (unpaired) electrons. The number of rotatable bonds is 6. The molecule has 32 heavy (non-hydrogen) atoms. The minimum atomic E-state index is -0.110. The summed E-state index contributed by atoms with van der Waals surface area (Å²) < 4.78 is 1.87. The van der Waals surface area contributed by atoms with Gasteiger partial charge in [-0.2, -0.15) is 5.10 Å². The number of hydrogen-bond donors (Lipinski definition) is 0. The summed E-state index contributed by atoms with van der Waals surface area (Å²) in [4.78, 5) is 27.8. The molecule has 3 aromatic heterocycles. The lowest BCUT2D eigenvalue weighted by atomic mass is 10.1. The molecule has 0 saturated heterocycles. The van der Waals surface area contributed by atoms with Gasteiger partial charge in [-0.3, -0.25) is 14.5 Å². The molecule has 158 valence electrons. The van der Waals surface area contributed by atoms with Crippen molar-refractivity contribution in [2.75, 3.05) is 0 Å². The van der Waals surface area contributed by atoms with Crippen LogP contribution in [-0.2, 0) is 30.8 Å². The van der Waals surface area contributed by atoms with Gasteiger partial charge in [-0.15, -0.1) is 0 Å². The average Bonchev–Trinajstić information content (AvgIpc) is 3.46. The van der Waals surface area contributed by atoms with Crippen molar-refractivity contribution in [1.82, 2.24) is 29.6 Å². The lowest BCUT2D eigenvalue weighted by molar-refractivity contribution is -0.126. The molecule has 0 N–H and O–H groups in total. The van der Waals surface area contributed by atoms with Gasteiger partial charge in [0, 0.05) is 30.6 Å². The Morgan fingerprint density at radius 2 is 1.88 bits per heavy atom. The first-order valence-electron chi connectivity index (χ1n) is 10.5. The predicted molar refractivity (Wildman–Crippen MR) is 120 cm³/mol. The van der Waals surface area contributed by atoms with Crippen LogP contribution < -0.4 is 0 Å². The second kappa shape index (κ2) is 8.55. The molecule has 1 aromatic carbocycles. The third-order valence-corrected chi connectivity index (χ3v) is 5.47. The fourth-order valence-electron chi connectivity index (χ4n) is 3.92. The van der Waals surface area contributed by atoms with E-state index in [-0.39, 0.29) is 5.91 Å². The van der Waals surface area contributed by atoms with E-state index < -0.39 is 0 Å². The first-order valence-corrected chi connectivity index (χ1v) is 10.5. The zero-order chi connectivity index (χ0) is 21.9. The molecule has 4 heterocycles. The Morgan fingerprint density at radius 1 is 1.03 bits per heavy atom. The monoisotopic (exact) mass is 422 g/mol. The van der Waals surface area contributed by atoms with Crippen molar-refractivity contribution >= 4 is 5.91 Å². The minimum absolute atomic E-state index is 0.110. The van der Waals surface area contributed by atoms with Crippen LogP contribution in [0.3, 0.4) is 0 Å². The molecule has 0 spiro atoms. The SMILES string of the molecule is C=CC(=O)N1Cc2nc(Cc3ccccc3)nc(-c3ccn(Cc4cccnc4)n3)c2C1. The summed E-state index contributed by atoms with van der Waals surface area (Å²) >= 11 is 0. The highest BCUT2D eigenvalue weighted by molar-refractivity contribution is 5.87. The highest BCUT2D eigenvalue weighted by Crippen LogP contribution is 2.30. The third kappa shape index (κ3) is 4.05. The molecule has 1 aliphatic heterocycles. The van der Waals surface area contributed by atoms with E-state index in [9.17, 15) is 4.79 Å². The maximum absolute atomic E-state index is 12.2. The molecule has 7 heteroatoms. The largest absolute Gasteiger partial charge is 0.329 e. The smallest absolute Gasteiger partial charge is 0.246 e. The number of aromatic nitrogens is 5. The summed E-state index contributed by atoms with van der Waals surface area (Å²) in [5, 5.41) is 4.77. The van der Waals surface area contributed by atoms with Crippen molar-refractivity contribution in [3.8, 4) is 11.4 Å². The maximum atomic E-state index is 12.2. The lowest BCUT2D eigenvalue weighted by Gasteiger charge is -2.11. The van der Waals surface area contributed by atoms with E-state index in [1.54, 1.807) is 11.1 Å². The van der Waals surface area contributed by atoms with E-state index in [4.69, 9.17) is 15.1 Å². The number of carbonyl (C=O) groups excluding carboxylic acids is 1. The van der Waals surface area contributed by atoms with E-state index >= 15 is 0 Å². The summed E-state index contributed by atoms with van der Waals surface area (Å²) in [5.41, 5.74) is 5.58. The predicted octanol–water partition coefficient (Wildman–Crippen LogP) is 3.40. The van der Waals surface area contributed by atoms with Gasteiger partial charge in [0.1, 0.15) is 11.5 Å². The van der Waals surface area contributed by atoms with Gasteiger partial charge in [-0.05, 0) is 29.3 Å². The topological polar surface area (TPSA) is 76.8 Å². The Bertz CT molecular complexity index is 1270. The van der Waals surface area contributed by atoms with E-state index in [1.165, 1.54) is 6.08 Å². The van der Waals surface area contributed by atoms with Crippen LogP contribution in [-0.4, -0.2) is 35.5 Å². The fourth-order valence-corrected chi connectivity index (χ4v) is 3.92. The number of fused-ring (bicyclic) bond motifs is 1. The molecule has 1 aliphatic rings. The van der Waals surface area contributed by atoms with E-state index in [1.807, 2.05) is 53.5 Å². The zero-order valence-corrected chi connectivity index (χ0v) is 17.6. The Balaban J connectivity index is 1.51. The van der Waals surface area contributed by atoms with Gasteiger partial charge in [0.25, 0.3) is 0 Å². The van der Waals surface area contributed by atoms with Gasteiger partial charge in [-0.25, -0.2) is 9.97 Å². The maximum Gasteiger partial charge on any atom is 0.246 e. The highest BCUT2D eigenvalue weighted by Gasteiger charge is 2.28. The van der Waals surface area contributed by atoms with Crippen LogP contribution in [0, 0.1) is 0 Å². The van der Waals surface area contributed by atoms with Crippen LogP contribution in [0.5, 0.6) is 0 Å². The van der Waals surface area contributed by atoms with Crippen LogP contribution in [0.2, 0.25) is 0 Å². The van der Waals surface area contributed by atoms with Crippen LogP contribution in [0.15, 0.2) is 79.8 Å². The van der Waals surface area contributed by atoms with Crippen molar-refractivity contribution in [3.63, 3.8) is 0 Å². The van der Waals surface area contributed by atoms with Gasteiger partial charge < -0.3 is 4.90 Å². The van der Waals surface area contributed by atoms with E-state index in [0.29, 0.717) is 26.1 Å². The van der Waals surface area contributed by atoms with E-state index in [0.717, 1.165) is 39.6 Å². The average molecular weight is 422 g/mol. The van der Waals surface area contributed by atoms with Crippen molar-refractivity contribution < 1.29 is 4.79 Å². The number of carbonyl (C=O) groups is 1. The number of pyridine rings is 1. The number of hydrogen-bond acceptors (Lipinski definition) is 5. The Hall–Kier alpha value is -4.13. The minimum Gasteiger partial charge on any atom is -0.329 e. The summed E-state index contributed by atoms with van der Waals surface area (Å²) in [7, 11) is 0. The van der Waals surface area contributed by atoms with Crippen LogP contribution in [0.1, 0.15) is 28.2 Å². The van der Waals surface area contributed by atoms with Gasteiger partial charge in [0.2, 0.25) is 5.91 Å². The lowest BCUT2D eigenvalue weighted by Crippen LogP contribution is -2.22. The quantitative estimate of drug-likeness (QED) is 0.445. The summed E-state index contributed by atoms with van der Waals surface area (Å²) in [6, 6.07) is 16.0. The van der Waals surface area contributed by atoms with Crippen molar-refractivity contribution in [3.05, 3.63) is 108 Å². The summed E-state index contributed by atoms with van der Waals surface area (Å²) in [6.45, 7) is 5.15. The first kappa shape index (κ1) is 19.8. The van der Waals surface area contributed by atoms with Crippen molar-refractivity contribution in [2.24, 2.45) is 0 Å². The van der Waals surface area contributed by atoms with Gasteiger partial charge in [-0.1, -0.05) is 43.0 Å². The molecular weight excluding hydrogens is 400 g/mol. The molecule has 0 atom stereocenters. The molecule has 0 aliphatic carbocycles. The number of benzene rings is 1. The molecule has 5 rings (SSSR count). The Morgan fingerprint density at radius 3 is 2.66 bits per heavy atom. The normalized spacial score (nSPS) is 12.6. The molecule has 7 nitrogen and oxygen atoms in total. The van der Waals surface area contributed by atoms with Gasteiger partial charge >= 0.3 is 0 Å². The molecule has 0 saturated carbocycles. The Kier molecular flexibility index (Phi) is 5.29. The van der Waals surface area contributed by atoms with Crippen LogP contribution in [0.25, 0.3) is 11.4 Å². The molecule has 0 fully saturated rings. The van der Waals surface area contributed by atoms with Crippen molar-refractivity contribution in [1.29, 1.82) is 0 Å². The summed E-state index contributed by atoms with van der Waals surface area (Å²) in [6.07, 6.45) is 7.49. The van der Waals surface area contributed by atoms with Crippen molar-refractivity contribution in [2.45, 2.75) is 26.1 Å². The number of nitrogens with zero attached hydrogens (tertiary/aromatic N) is 6. The first-order chi connectivity index (χ1) is 15.7. The molecule has 0 bridgehead atoms. The number of amides is 1. The highest BCUT2D eigenvalue weighted by atomic mass is 16.2. The second-order valence-electron chi connectivity index (χ2n) is 7.73. The zero-order valence-electron chi connectivity index (χ0n) is 17.6. The van der Waals surface area contributed by atoms with Gasteiger partial charge in [0.15, 0.2) is 0 Å². The third-order valence-electron chi connectivity index (χ3n) is 5.47. The molecule has 4 aromatic rings. The molecular formula is C25H22N6O. The summed E-state index contributed by atoms with van der Waals surface area (Å²) in [5.74, 6) is 0.611. The standard InChI is InChI=1S/C25H22N6O/c1-2-24(32)30-16-20-22(17-30)27-23(13-18-7-4-3-5-8-18)28-25(20)21-10-12-31(29-21)15-19-9-6-11-26-14-19/h2-12,14H,1,13,15-17H2. The van der Waals surface area contributed by atoms with E-state index in [2.05, 4.69) is 23.7 Å². The van der Waals surface area contributed by atoms with Crippen LogP contribution in [0.4, 0.5) is 0 Å². The molecule has 0 unspecified atom stereocenters. The molecule has 1 amide bonds.